The first-order valence-corrected chi connectivity index (χ1v) is 12.6. The molecule has 0 N–H and O–H groups in total. The normalized spacial score (nSPS) is 18.7. The Morgan fingerprint density at radius 3 is 2.19 bits per heavy atom. The van der Waals surface area contributed by atoms with Crippen molar-refractivity contribution in [1.29, 1.82) is 0 Å². The van der Waals surface area contributed by atoms with Crippen molar-refractivity contribution in [3.05, 3.63) is 23.8 Å². The van der Waals surface area contributed by atoms with Crippen molar-refractivity contribution < 1.29 is 8.42 Å². The Bertz CT molecular complexity index is 1020. The van der Waals surface area contributed by atoms with Crippen LogP contribution in [0.1, 0.15) is 50.5 Å². The van der Waals surface area contributed by atoms with Crippen LogP contribution in [-0.4, -0.2) is 71.5 Å². The molecule has 0 radical (unpaired) electrons. The quantitative estimate of drug-likeness (QED) is 0.694. The van der Waals surface area contributed by atoms with Crippen LogP contribution < -0.4 is 9.80 Å². The fourth-order valence-electron chi connectivity index (χ4n) is 4.34. The van der Waals surface area contributed by atoms with E-state index in [0.29, 0.717) is 32.1 Å². The third-order valence-electron chi connectivity index (χ3n) is 6.04. The first-order valence-electron chi connectivity index (χ1n) is 11.1. The van der Waals surface area contributed by atoms with Crippen LogP contribution in [0.2, 0.25) is 0 Å². The number of hydrogen-bond donors (Lipinski definition) is 0. The summed E-state index contributed by atoms with van der Waals surface area (Å²) in [7, 11) is -1.77. The van der Waals surface area contributed by atoms with Crippen LogP contribution >= 0.6 is 0 Å². The van der Waals surface area contributed by atoms with Gasteiger partial charge in [0, 0.05) is 70.2 Å². The van der Waals surface area contributed by atoms with Crippen molar-refractivity contribution >= 4 is 21.8 Å². The van der Waals surface area contributed by atoms with E-state index in [-0.39, 0.29) is 10.9 Å². The second-order valence-electron chi connectivity index (χ2n) is 8.81. The second kappa shape index (κ2) is 8.74. The lowest BCUT2D eigenvalue weighted by Crippen LogP contribution is -2.49. The minimum atomic E-state index is -3.61. The van der Waals surface area contributed by atoms with Gasteiger partial charge in [-0.25, -0.2) is 18.4 Å². The van der Waals surface area contributed by atoms with Gasteiger partial charge in [-0.15, -0.1) is 0 Å². The first-order chi connectivity index (χ1) is 14.8. The van der Waals surface area contributed by atoms with Gasteiger partial charge in [0.25, 0.3) is 10.0 Å². The monoisotopic (exact) mass is 447 g/mol. The van der Waals surface area contributed by atoms with Crippen LogP contribution in [0.4, 0.5) is 11.8 Å². The summed E-state index contributed by atoms with van der Waals surface area (Å²) < 4.78 is 29.6. The second-order valence-corrected chi connectivity index (χ2v) is 10.7. The van der Waals surface area contributed by atoms with Crippen LogP contribution in [0.25, 0.3) is 0 Å². The molecule has 170 valence electrons. The average molecular weight is 448 g/mol. The third kappa shape index (κ3) is 4.55. The summed E-state index contributed by atoms with van der Waals surface area (Å²) in [6.07, 6.45) is 5.28. The molecule has 2 aromatic rings. The highest BCUT2D eigenvalue weighted by atomic mass is 32.2. The molecule has 4 rings (SSSR count). The van der Waals surface area contributed by atoms with Gasteiger partial charge in [0.2, 0.25) is 5.95 Å². The summed E-state index contributed by atoms with van der Waals surface area (Å²) in [6, 6.07) is 2.04. The summed E-state index contributed by atoms with van der Waals surface area (Å²) in [5.41, 5.74) is 0.940. The number of sulfonamides is 1. The van der Waals surface area contributed by atoms with Crippen molar-refractivity contribution in [2.45, 2.75) is 51.0 Å². The van der Waals surface area contributed by atoms with Gasteiger partial charge >= 0.3 is 0 Å². The molecule has 10 heteroatoms. The number of nitrogens with zero attached hydrogens (tertiary/aromatic N) is 7. The van der Waals surface area contributed by atoms with Gasteiger partial charge in [-0.2, -0.15) is 9.29 Å². The standard InChI is InChI=1S/C21H33N7O2S/c1-16(2)20-24-19(15-25(20)4)31(29,30)28-12-10-27(11-13-28)21-22-17(3)14-18(23-21)26-8-6-5-7-9-26/h14-16H,5-13H2,1-4H3. The van der Waals surface area contributed by atoms with Crippen LogP contribution in [0.3, 0.4) is 0 Å². The van der Waals surface area contributed by atoms with Crippen molar-refractivity contribution in [2.75, 3.05) is 49.1 Å². The Kier molecular flexibility index (Phi) is 6.20. The van der Waals surface area contributed by atoms with Gasteiger partial charge in [0.05, 0.1) is 0 Å². The molecule has 9 nitrogen and oxygen atoms in total. The van der Waals surface area contributed by atoms with Crippen LogP contribution in [0.15, 0.2) is 17.3 Å². The van der Waals surface area contributed by atoms with Gasteiger partial charge in [0.15, 0.2) is 5.03 Å². The van der Waals surface area contributed by atoms with Crippen LogP contribution in [-0.2, 0) is 17.1 Å². The Labute approximate surface area is 185 Å². The van der Waals surface area contributed by atoms with Crippen LogP contribution in [0.5, 0.6) is 0 Å². The van der Waals surface area contributed by atoms with Crippen molar-refractivity contribution in [3.63, 3.8) is 0 Å². The summed E-state index contributed by atoms with van der Waals surface area (Å²) in [5, 5.41) is 0.131. The molecular weight excluding hydrogens is 414 g/mol. The third-order valence-corrected chi connectivity index (χ3v) is 7.81. The maximum Gasteiger partial charge on any atom is 0.262 e. The number of aromatic nitrogens is 4. The van der Waals surface area contributed by atoms with E-state index in [1.165, 1.54) is 23.6 Å². The molecule has 2 aliphatic heterocycles. The Balaban J connectivity index is 1.47. The maximum atomic E-state index is 13.1. The highest BCUT2D eigenvalue weighted by Gasteiger charge is 2.32. The first kappa shape index (κ1) is 22.0. The Hall–Kier alpha value is -2.20. The smallest absolute Gasteiger partial charge is 0.262 e. The summed E-state index contributed by atoms with van der Waals surface area (Å²) in [4.78, 5) is 18.3. The molecule has 2 aliphatic rings. The fraction of sp³-hybridized carbons (Fsp3) is 0.667. The maximum absolute atomic E-state index is 13.1. The number of imidazole rings is 1. The molecule has 2 saturated heterocycles. The molecule has 0 aromatic carbocycles. The highest BCUT2D eigenvalue weighted by molar-refractivity contribution is 7.89. The van der Waals surface area contributed by atoms with E-state index in [1.54, 1.807) is 10.8 Å². The molecule has 0 atom stereocenters. The van der Waals surface area contributed by atoms with Gasteiger partial charge in [0.1, 0.15) is 11.6 Å². The minimum absolute atomic E-state index is 0.131. The number of anilines is 2. The van der Waals surface area contributed by atoms with Gasteiger partial charge in [-0.05, 0) is 26.2 Å². The lowest BCUT2D eigenvalue weighted by molar-refractivity contribution is 0.381. The molecule has 0 amide bonds. The molecule has 0 bridgehead atoms. The Morgan fingerprint density at radius 2 is 1.58 bits per heavy atom. The molecule has 0 unspecified atom stereocenters. The number of piperidine rings is 1. The topological polar surface area (TPSA) is 87.5 Å². The summed E-state index contributed by atoms with van der Waals surface area (Å²) in [6.45, 7) is 9.99. The number of hydrogen-bond acceptors (Lipinski definition) is 7. The molecule has 2 fully saturated rings. The van der Waals surface area contributed by atoms with E-state index < -0.39 is 10.0 Å². The largest absolute Gasteiger partial charge is 0.356 e. The van der Waals surface area contributed by atoms with Gasteiger partial charge in [-0.3, -0.25) is 0 Å². The van der Waals surface area contributed by atoms with E-state index in [2.05, 4.69) is 19.8 Å². The van der Waals surface area contributed by atoms with Crippen molar-refractivity contribution in [2.24, 2.45) is 7.05 Å². The zero-order chi connectivity index (χ0) is 22.2. The highest BCUT2D eigenvalue weighted by Crippen LogP contribution is 2.24. The van der Waals surface area contributed by atoms with E-state index in [4.69, 9.17) is 4.98 Å². The minimum Gasteiger partial charge on any atom is -0.356 e. The molecule has 0 saturated carbocycles. The summed E-state index contributed by atoms with van der Waals surface area (Å²) >= 11 is 0. The average Bonchev–Trinajstić information content (AvgIpc) is 3.17. The zero-order valence-corrected chi connectivity index (χ0v) is 19.8. The van der Waals surface area contributed by atoms with Gasteiger partial charge < -0.3 is 14.4 Å². The van der Waals surface area contributed by atoms with Crippen LogP contribution in [0, 0.1) is 6.92 Å². The molecular formula is C21H33N7O2S. The summed E-state index contributed by atoms with van der Waals surface area (Å²) in [5.74, 6) is 2.61. The number of rotatable bonds is 5. The Morgan fingerprint density at radius 1 is 0.903 bits per heavy atom. The SMILES string of the molecule is Cc1cc(N2CCCCC2)nc(N2CCN(S(=O)(=O)c3cn(C)c(C(C)C)n3)CC2)n1. The molecule has 4 heterocycles. The predicted octanol–water partition coefficient (Wildman–Crippen LogP) is 2.14. The lowest BCUT2D eigenvalue weighted by Gasteiger charge is -2.34. The number of piperazine rings is 1. The molecule has 0 aliphatic carbocycles. The fourth-order valence-corrected chi connectivity index (χ4v) is 5.75. The van der Waals surface area contributed by atoms with E-state index >= 15 is 0 Å². The van der Waals surface area contributed by atoms with E-state index in [9.17, 15) is 8.42 Å². The van der Waals surface area contributed by atoms with E-state index in [0.717, 1.165) is 30.4 Å². The van der Waals surface area contributed by atoms with E-state index in [1.807, 2.05) is 33.9 Å². The van der Waals surface area contributed by atoms with Gasteiger partial charge in [-0.1, -0.05) is 13.8 Å². The number of aryl methyl sites for hydroxylation is 2. The molecule has 0 spiro atoms. The lowest BCUT2D eigenvalue weighted by atomic mass is 10.1. The van der Waals surface area contributed by atoms with Crippen molar-refractivity contribution in [3.8, 4) is 0 Å². The molecule has 2 aromatic heterocycles. The predicted molar refractivity (Wildman–Crippen MR) is 121 cm³/mol. The molecule has 31 heavy (non-hydrogen) atoms. The zero-order valence-electron chi connectivity index (χ0n) is 19.0. The van der Waals surface area contributed by atoms with Crippen molar-refractivity contribution in [1.82, 2.24) is 23.8 Å².